The molecule has 0 radical (unpaired) electrons. The van der Waals surface area contributed by atoms with Gasteiger partial charge in [0.1, 0.15) is 17.3 Å². The van der Waals surface area contributed by atoms with Gasteiger partial charge in [0.25, 0.3) is 0 Å². The van der Waals surface area contributed by atoms with Gasteiger partial charge in [-0.3, -0.25) is 4.98 Å². The van der Waals surface area contributed by atoms with Crippen molar-refractivity contribution in [1.82, 2.24) is 15.3 Å². The number of aromatic nitrogens is 2. The maximum absolute atomic E-state index is 12.1. The van der Waals surface area contributed by atoms with E-state index in [0.717, 1.165) is 0 Å². The zero-order chi connectivity index (χ0) is 18.0. The minimum atomic E-state index is -0.789. The normalized spacial score (nSPS) is 15.1. The van der Waals surface area contributed by atoms with E-state index >= 15 is 0 Å². The lowest BCUT2D eigenvalue weighted by atomic mass is 10.1. The first-order valence-electron chi connectivity index (χ1n) is 7.47. The summed E-state index contributed by atoms with van der Waals surface area (Å²) in [6, 6.07) is -0.789. The molecule has 0 aliphatic heterocycles. The van der Waals surface area contributed by atoms with Crippen LogP contribution in [0.25, 0.3) is 0 Å². The monoisotopic (exact) mass is 329 g/mol. The van der Waals surface area contributed by atoms with Gasteiger partial charge in [-0.05, 0) is 48.5 Å². The number of amides is 1. The lowest BCUT2D eigenvalue weighted by molar-refractivity contribution is -0.0685. The van der Waals surface area contributed by atoms with Gasteiger partial charge >= 0.3 is 11.8 Å². The molecule has 0 aliphatic carbocycles. The van der Waals surface area contributed by atoms with Gasteiger partial charge in [-0.15, -0.1) is 0 Å². The highest BCUT2D eigenvalue weighted by atomic mass is 16.6. The topological polar surface area (TPSA) is 116 Å². The molecule has 0 saturated heterocycles. The van der Waals surface area contributed by atoms with Crippen LogP contribution in [0.1, 0.15) is 60.2 Å². The summed E-state index contributed by atoms with van der Waals surface area (Å²) in [6.07, 6.45) is -1.20. The number of aromatic amines is 2. The Balaban J connectivity index is 3.04. The van der Waals surface area contributed by atoms with Crippen molar-refractivity contribution < 1.29 is 19.4 Å². The minimum absolute atomic E-state index is 0.137. The van der Waals surface area contributed by atoms with Gasteiger partial charge in [0.05, 0.1) is 11.7 Å². The van der Waals surface area contributed by atoms with Crippen LogP contribution in [0.5, 0.6) is 5.88 Å². The second kappa shape index (κ2) is 6.66. The minimum Gasteiger partial charge on any atom is -0.493 e. The molecule has 0 aromatic carbocycles. The Labute approximate surface area is 135 Å². The van der Waals surface area contributed by atoms with Crippen LogP contribution >= 0.6 is 0 Å². The molecule has 4 N–H and O–H groups in total. The van der Waals surface area contributed by atoms with Gasteiger partial charge in [0.15, 0.2) is 0 Å². The number of carbonyl (C=O) groups excluding carboxylic acids is 1. The zero-order valence-electron chi connectivity index (χ0n) is 14.7. The van der Waals surface area contributed by atoms with Crippen molar-refractivity contribution >= 4 is 6.09 Å². The molecular formula is C15H27N3O5. The van der Waals surface area contributed by atoms with Crippen molar-refractivity contribution in [3.8, 4) is 5.88 Å². The molecule has 1 rings (SSSR count). The van der Waals surface area contributed by atoms with E-state index in [1.54, 1.807) is 27.7 Å². The number of imidazole rings is 1. The van der Waals surface area contributed by atoms with Crippen LogP contribution in [-0.2, 0) is 9.47 Å². The predicted molar refractivity (Wildman–Crippen MR) is 85.5 cm³/mol. The van der Waals surface area contributed by atoms with Crippen molar-refractivity contribution in [3.63, 3.8) is 0 Å². The largest absolute Gasteiger partial charge is 0.493 e. The number of alkyl carbamates (subject to hydrolysis) is 1. The van der Waals surface area contributed by atoms with E-state index in [0.29, 0.717) is 0 Å². The molecule has 0 fully saturated rings. The summed E-state index contributed by atoms with van der Waals surface area (Å²) in [5.74, 6) is -0.347. The van der Waals surface area contributed by atoms with Crippen molar-refractivity contribution in [1.29, 1.82) is 0 Å². The zero-order valence-corrected chi connectivity index (χ0v) is 14.7. The molecule has 8 nitrogen and oxygen atoms in total. The fraction of sp³-hybridized carbons (Fsp3) is 0.733. The molecule has 0 bridgehead atoms. The van der Waals surface area contributed by atoms with Crippen LogP contribution in [0.3, 0.4) is 0 Å². The molecule has 1 aromatic rings. The maximum atomic E-state index is 12.1. The van der Waals surface area contributed by atoms with E-state index in [9.17, 15) is 14.7 Å². The first kappa shape index (κ1) is 19.1. The van der Waals surface area contributed by atoms with Gasteiger partial charge in [-0.1, -0.05) is 0 Å². The van der Waals surface area contributed by atoms with Crippen LogP contribution in [0.2, 0.25) is 0 Å². The van der Waals surface area contributed by atoms with Crippen LogP contribution < -0.4 is 11.0 Å². The molecule has 1 aromatic heterocycles. The Hall–Kier alpha value is -1.96. The number of aromatic hydroxyl groups is 1. The fourth-order valence-corrected chi connectivity index (χ4v) is 2.10. The molecular weight excluding hydrogens is 302 g/mol. The van der Waals surface area contributed by atoms with Crippen molar-refractivity contribution in [2.75, 3.05) is 0 Å². The van der Waals surface area contributed by atoms with E-state index in [-0.39, 0.29) is 11.6 Å². The molecule has 0 unspecified atom stereocenters. The van der Waals surface area contributed by atoms with Gasteiger partial charge in [0, 0.05) is 0 Å². The quantitative estimate of drug-likeness (QED) is 0.675. The number of H-pyrrole nitrogens is 2. The number of carbonyl (C=O) groups is 1. The van der Waals surface area contributed by atoms with E-state index < -0.39 is 35.1 Å². The number of nitrogens with one attached hydrogen (secondary N) is 3. The van der Waals surface area contributed by atoms with Crippen LogP contribution in [0.4, 0.5) is 4.79 Å². The fourth-order valence-electron chi connectivity index (χ4n) is 2.10. The highest BCUT2D eigenvalue weighted by Crippen LogP contribution is 2.26. The summed E-state index contributed by atoms with van der Waals surface area (Å²) >= 11 is 0. The molecule has 23 heavy (non-hydrogen) atoms. The number of ether oxygens (including phenoxy) is 2. The van der Waals surface area contributed by atoms with Crippen LogP contribution in [0.15, 0.2) is 4.79 Å². The van der Waals surface area contributed by atoms with Crippen LogP contribution in [-0.4, -0.2) is 38.5 Å². The van der Waals surface area contributed by atoms with E-state index in [1.807, 2.05) is 20.8 Å². The van der Waals surface area contributed by atoms with E-state index in [4.69, 9.17) is 9.47 Å². The second-order valence-corrected chi connectivity index (χ2v) is 7.40. The van der Waals surface area contributed by atoms with Gasteiger partial charge in [-0.25, -0.2) is 9.59 Å². The third kappa shape index (κ3) is 6.35. The first-order chi connectivity index (χ1) is 10.3. The predicted octanol–water partition coefficient (Wildman–Crippen LogP) is 2.18. The number of hydrogen-bond donors (Lipinski definition) is 4. The molecule has 0 spiro atoms. The third-order valence-electron chi connectivity index (χ3n) is 2.73. The van der Waals surface area contributed by atoms with Gasteiger partial charge in [-0.2, -0.15) is 0 Å². The summed E-state index contributed by atoms with van der Waals surface area (Å²) in [5, 5.41) is 12.5. The summed E-state index contributed by atoms with van der Waals surface area (Å²) in [6.45, 7) is 12.6. The van der Waals surface area contributed by atoms with E-state index in [1.165, 1.54) is 0 Å². The third-order valence-corrected chi connectivity index (χ3v) is 2.73. The van der Waals surface area contributed by atoms with Crippen molar-refractivity contribution in [3.05, 3.63) is 16.2 Å². The number of hydrogen-bond acceptors (Lipinski definition) is 5. The molecule has 0 saturated carbocycles. The maximum Gasteiger partial charge on any atom is 0.408 e. The Kier molecular flexibility index (Phi) is 5.52. The number of rotatable bonds is 4. The smallest absolute Gasteiger partial charge is 0.408 e. The highest BCUT2D eigenvalue weighted by Gasteiger charge is 2.31. The average Bonchev–Trinajstić information content (AvgIpc) is 2.60. The summed E-state index contributed by atoms with van der Waals surface area (Å²) < 4.78 is 11.1. The lowest BCUT2D eigenvalue weighted by Crippen LogP contribution is -2.42. The summed E-state index contributed by atoms with van der Waals surface area (Å²) in [4.78, 5) is 28.1. The standard InChI is InChI=1S/C15H27N3O5/c1-8(22-14(2,3)4)9(10-11(19)18-12(20)16-10)17-13(21)23-15(5,6)7/h8-9,19H,1-7H3,(H,17,21)(H2,16,18,20)/t8-,9+/m1/s1. The Morgan fingerprint density at radius 3 is 2.09 bits per heavy atom. The molecule has 2 atom stereocenters. The Bertz CT molecular complexity index is 591. The lowest BCUT2D eigenvalue weighted by Gasteiger charge is -2.31. The molecule has 1 heterocycles. The van der Waals surface area contributed by atoms with Gasteiger partial charge < -0.3 is 24.9 Å². The van der Waals surface area contributed by atoms with Gasteiger partial charge in [0.2, 0.25) is 5.88 Å². The van der Waals surface area contributed by atoms with Crippen molar-refractivity contribution in [2.24, 2.45) is 0 Å². The first-order valence-corrected chi connectivity index (χ1v) is 7.47. The van der Waals surface area contributed by atoms with E-state index in [2.05, 4.69) is 15.3 Å². The molecule has 132 valence electrons. The van der Waals surface area contributed by atoms with Crippen LogP contribution in [0, 0.1) is 0 Å². The summed E-state index contributed by atoms with van der Waals surface area (Å²) in [7, 11) is 0. The Morgan fingerprint density at radius 1 is 1.13 bits per heavy atom. The highest BCUT2D eigenvalue weighted by molar-refractivity contribution is 5.68. The average molecular weight is 329 g/mol. The van der Waals surface area contributed by atoms with Crippen molar-refractivity contribution in [2.45, 2.75) is 71.8 Å². The second-order valence-electron chi connectivity index (χ2n) is 7.40. The summed E-state index contributed by atoms with van der Waals surface area (Å²) in [5.41, 5.74) is -1.58. The molecule has 8 heteroatoms. The SMILES string of the molecule is C[C@@H](OC(C)(C)C)[C@H](NC(=O)OC(C)(C)C)c1[nH]c(=O)[nH]c1O. The Morgan fingerprint density at radius 2 is 1.70 bits per heavy atom. The molecule has 0 aliphatic rings. The molecule has 1 amide bonds.